The lowest BCUT2D eigenvalue weighted by Crippen LogP contribution is -2.32. The van der Waals surface area contributed by atoms with E-state index in [4.69, 9.17) is 0 Å². The van der Waals surface area contributed by atoms with Gasteiger partial charge in [0.15, 0.2) is 0 Å². The Bertz CT molecular complexity index is 624. The maximum atomic E-state index is 13.8. The molecule has 1 heterocycles. The van der Waals surface area contributed by atoms with Crippen molar-refractivity contribution in [2.24, 2.45) is 0 Å². The fourth-order valence-corrected chi connectivity index (χ4v) is 2.33. The molecule has 0 fully saturated rings. The van der Waals surface area contributed by atoms with E-state index in [9.17, 15) is 9.18 Å². The number of nitrogens with zero attached hydrogens (tertiary/aromatic N) is 2. The Morgan fingerprint density at radius 3 is 2.73 bits per heavy atom. The number of aromatic nitrogens is 2. The number of carbonyl (C=O) groups excluding carboxylic acids is 1. The maximum absolute atomic E-state index is 13.8. The molecule has 1 aromatic heterocycles. The second kappa shape index (κ2) is 7.73. The molecule has 0 radical (unpaired) electrons. The zero-order valence-corrected chi connectivity index (χ0v) is 13.1. The minimum atomic E-state index is -0.283. The molecule has 1 N–H and O–H groups in total. The fourth-order valence-electron chi connectivity index (χ4n) is 2.33. The molecule has 22 heavy (non-hydrogen) atoms. The van der Waals surface area contributed by atoms with E-state index in [0.717, 1.165) is 25.0 Å². The van der Waals surface area contributed by atoms with Crippen LogP contribution in [-0.4, -0.2) is 27.5 Å². The first-order chi connectivity index (χ1) is 10.6. The molecule has 0 aliphatic carbocycles. The number of hydrogen-bond acceptors (Lipinski definition) is 2. The minimum absolute atomic E-state index is 0.163. The second-order valence-electron chi connectivity index (χ2n) is 5.46. The largest absolute Gasteiger partial charge is 0.333 e. The summed E-state index contributed by atoms with van der Waals surface area (Å²) in [6, 6.07) is 8.29. The van der Waals surface area contributed by atoms with Crippen LogP contribution in [0.15, 0.2) is 30.3 Å². The topological polar surface area (TPSA) is 49.0 Å². The third-order valence-corrected chi connectivity index (χ3v) is 3.56. The van der Waals surface area contributed by atoms with E-state index >= 15 is 0 Å². The Kier molecular flexibility index (Phi) is 5.69. The van der Waals surface area contributed by atoms with Crippen LogP contribution in [0.2, 0.25) is 0 Å². The Labute approximate surface area is 130 Å². The minimum Gasteiger partial charge on any atom is -0.333 e. The molecule has 0 spiro atoms. The molecule has 0 atom stereocenters. The second-order valence-corrected chi connectivity index (χ2v) is 5.46. The maximum Gasteiger partial charge on any atom is 0.274 e. The third-order valence-electron chi connectivity index (χ3n) is 3.56. The highest BCUT2D eigenvalue weighted by atomic mass is 19.1. The number of halogens is 1. The van der Waals surface area contributed by atoms with Crippen LogP contribution in [-0.2, 0) is 6.54 Å². The number of benzene rings is 1. The van der Waals surface area contributed by atoms with Crippen LogP contribution >= 0.6 is 0 Å². The van der Waals surface area contributed by atoms with Crippen molar-refractivity contribution in [2.45, 2.75) is 39.7 Å². The molecule has 1 amide bonds. The first kappa shape index (κ1) is 16.2. The van der Waals surface area contributed by atoms with E-state index < -0.39 is 0 Å². The van der Waals surface area contributed by atoms with Gasteiger partial charge < -0.3 is 4.90 Å². The van der Waals surface area contributed by atoms with E-state index in [1.165, 1.54) is 6.07 Å². The van der Waals surface area contributed by atoms with E-state index in [1.807, 2.05) is 6.92 Å². The smallest absolute Gasteiger partial charge is 0.274 e. The molecule has 0 saturated carbocycles. The molecule has 2 rings (SSSR count). The summed E-state index contributed by atoms with van der Waals surface area (Å²) in [6.45, 7) is 4.83. The Balaban J connectivity index is 2.15. The summed E-state index contributed by atoms with van der Waals surface area (Å²) in [6.07, 6.45) is 3.02. The van der Waals surface area contributed by atoms with Gasteiger partial charge in [-0.2, -0.15) is 5.10 Å². The van der Waals surface area contributed by atoms with Crippen LogP contribution in [0.3, 0.4) is 0 Å². The van der Waals surface area contributed by atoms with Crippen LogP contribution < -0.4 is 0 Å². The molecule has 0 saturated heterocycles. The average Bonchev–Trinajstić information content (AvgIpc) is 2.94. The van der Waals surface area contributed by atoms with Crippen molar-refractivity contribution >= 4 is 5.91 Å². The zero-order chi connectivity index (χ0) is 15.9. The van der Waals surface area contributed by atoms with Crippen LogP contribution in [0.1, 0.15) is 47.9 Å². The monoisotopic (exact) mass is 303 g/mol. The molecule has 0 bridgehead atoms. The zero-order valence-electron chi connectivity index (χ0n) is 13.1. The fraction of sp³-hybridized carbons (Fsp3) is 0.412. The average molecular weight is 303 g/mol. The summed E-state index contributed by atoms with van der Waals surface area (Å²) in [5.74, 6) is -0.447. The number of H-pyrrole nitrogens is 1. The summed E-state index contributed by atoms with van der Waals surface area (Å²) < 4.78 is 13.8. The van der Waals surface area contributed by atoms with Gasteiger partial charge >= 0.3 is 0 Å². The summed E-state index contributed by atoms with van der Waals surface area (Å²) in [7, 11) is 0. The summed E-state index contributed by atoms with van der Waals surface area (Å²) in [5.41, 5.74) is 1.74. The van der Waals surface area contributed by atoms with Crippen molar-refractivity contribution < 1.29 is 9.18 Å². The van der Waals surface area contributed by atoms with Gasteiger partial charge in [0, 0.05) is 24.3 Å². The lowest BCUT2D eigenvalue weighted by atomic mass is 10.1. The van der Waals surface area contributed by atoms with Crippen LogP contribution in [0, 0.1) is 12.7 Å². The molecule has 4 nitrogen and oxygen atoms in total. The summed E-state index contributed by atoms with van der Waals surface area (Å²) >= 11 is 0. The molecular formula is C17H22FN3O. The molecule has 1 aromatic carbocycles. The van der Waals surface area contributed by atoms with Gasteiger partial charge in [0.25, 0.3) is 5.91 Å². The number of aromatic amines is 1. The lowest BCUT2D eigenvalue weighted by molar-refractivity contribution is 0.0732. The number of amides is 1. The Hall–Kier alpha value is -2.17. The predicted molar refractivity (Wildman–Crippen MR) is 84.0 cm³/mol. The van der Waals surface area contributed by atoms with Crippen molar-refractivity contribution in [1.82, 2.24) is 15.1 Å². The molecular weight excluding hydrogens is 281 g/mol. The van der Waals surface area contributed by atoms with E-state index in [-0.39, 0.29) is 18.3 Å². The predicted octanol–water partition coefficient (Wildman–Crippen LogP) is 3.69. The third kappa shape index (κ3) is 4.16. The van der Waals surface area contributed by atoms with Crippen molar-refractivity contribution in [1.29, 1.82) is 0 Å². The van der Waals surface area contributed by atoms with E-state index in [0.29, 0.717) is 17.8 Å². The molecule has 0 aliphatic heterocycles. The number of rotatable bonds is 7. The highest BCUT2D eigenvalue weighted by Gasteiger charge is 2.19. The molecule has 0 unspecified atom stereocenters. The molecule has 2 aromatic rings. The van der Waals surface area contributed by atoms with Gasteiger partial charge in [-0.15, -0.1) is 0 Å². The van der Waals surface area contributed by atoms with Crippen molar-refractivity contribution in [3.8, 4) is 0 Å². The lowest BCUT2D eigenvalue weighted by Gasteiger charge is -2.22. The van der Waals surface area contributed by atoms with Crippen molar-refractivity contribution in [3.63, 3.8) is 0 Å². The van der Waals surface area contributed by atoms with E-state index in [2.05, 4.69) is 17.1 Å². The number of nitrogens with one attached hydrogen (secondary N) is 1. The molecule has 0 aliphatic rings. The van der Waals surface area contributed by atoms with Crippen molar-refractivity contribution in [2.75, 3.05) is 6.54 Å². The van der Waals surface area contributed by atoms with E-state index in [1.54, 1.807) is 29.2 Å². The summed E-state index contributed by atoms with van der Waals surface area (Å²) in [4.78, 5) is 14.3. The molecule has 5 heteroatoms. The number of aryl methyl sites for hydroxylation is 1. The number of hydrogen-bond donors (Lipinski definition) is 1. The Morgan fingerprint density at radius 2 is 2.09 bits per heavy atom. The van der Waals surface area contributed by atoms with Gasteiger partial charge in [-0.3, -0.25) is 9.89 Å². The normalized spacial score (nSPS) is 10.7. The number of unbranched alkanes of at least 4 members (excludes halogenated alkanes) is 2. The highest BCUT2D eigenvalue weighted by molar-refractivity contribution is 5.92. The van der Waals surface area contributed by atoms with Crippen molar-refractivity contribution in [3.05, 3.63) is 53.1 Å². The van der Waals surface area contributed by atoms with Gasteiger partial charge in [0.2, 0.25) is 0 Å². The van der Waals surface area contributed by atoms with Gasteiger partial charge in [-0.25, -0.2) is 4.39 Å². The first-order valence-electron chi connectivity index (χ1n) is 7.66. The highest BCUT2D eigenvalue weighted by Crippen LogP contribution is 2.14. The van der Waals surface area contributed by atoms with Gasteiger partial charge in [0.1, 0.15) is 11.5 Å². The Morgan fingerprint density at radius 1 is 1.32 bits per heavy atom. The number of carbonyl (C=O) groups is 1. The van der Waals surface area contributed by atoms with Gasteiger partial charge in [-0.1, -0.05) is 38.0 Å². The quantitative estimate of drug-likeness (QED) is 0.793. The first-order valence-corrected chi connectivity index (χ1v) is 7.66. The van der Waals surface area contributed by atoms with Crippen LogP contribution in [0.4, 0.5) is 4.39 Å². The van der Waals surface area contributed by atoms with Crippen LogP contribution in [0.25, 0.3) is 0 Å². The van der Waals surface area contributed by atoms with Gasteiger partial charge in [0.05, 0.1) is 0 Å². The SMILES string of the molecule is CCCCCN(Cc1ccccc1F)C(=O)c1cc(C)[nH]n1. The van der Waals surface area contributed by atoms with Gasteiger partial charge in [-0.05, 0) is 25.5 Å². The molecule has 118 valence electrons. The summed E-state index contributed by atoms with van der Waals surface area (Å²) in [5, 5.41) is 6.79. The standard InChI is InChI=1S/C17H22FN3O/c1-3-4-7-10-21(12-14-8-5-6-9-15(14)18)17(22)16-11-13(2)19-20-16/h5-6,8-9,11H,3-4,7,10,12H2,1-2H3,(H,19,20). The van der Waals surface area contributed by atoms with Crippen LogP contribution in [0.5, 0.6) is 0 Å².